The number of methoxy groups -OCH3 is 1. The SMILES string of the molecule is COc1cccc(C2=NC3(CCNCC3)C(=O)Nc3cc(C#N)ccc32)c1. The van der Waals surface area contributed by atoms with Gasteiger partial charge < -0.3 is 15.4 Å². The van der Waals surface area contributed by atoms with E-state index in [0.717, 1.165) is 35.7 Å². The third-order valence-electron chi connectivity index (χ3n) is 5.17. The molecule has 1 spiro atoms. The van der Waals surface area contributed by atoms with Crippen LogP contribution in [0, 0.1) is 11.3 Å². The fraction of sp³-hybridized carbons (Fsp3) is 0.286. The summed E-state index contributed by atoms with van der Waals surface area (Å²) in [6, 6.07) is 15.1. The molecule has 2 heterocycles. The fourth-order valence-corrected chi connectivity index (χ4v) is 3.66. The Morgan fingerprint density at radius 1 is 1.19 bits per heavy atom. The highest BCUT2D eigenvalue weighted by Crippen LogP contribution is 2.34. The van der Waals surface area contributed by atoms with E-state index in [0.29, 0.717) is 24.1 Å². The maximum absolute atomic E-state index is 13.1. The number of carbonyl (C=O) groups excluding carboxylic acids is 1. The number of amides is 1. The van der Waals surface area contributed by atoms with Gasteiger partial charge in [-0.05, 0) is 56.3 Å². The van der Waals surface area contributed by atoms with Gasteiger partial charge in [-0.2, -0.15) is 5.26 Å². The van der Waals surface area contributed by atoms with E-state index >= 15 is 0 Å². The van der Waals surface area contributed by atoms with Gasteiger partial charge in [0.1, 0.15) is 11.3 Å². The predicted molar refractivity (Wildman–Crippen MR) is 103 cm³/mol. The van der Waals surface area contributed by atoms with Crippen LogP contribution in [0.3, 0.4) is 0 Å². The number of nitriles is 1. The number of nitrogens with one attached hydrogen (secondary N) is 2. The summed E-state index contributed by atoms with van der Waals surface area (Å²) in [5.41, 5.74) is 2.75. The van der Waals surface area contributed by atoms with E-state index in [-0.39, 0.29) is 5.91 Å². The molecule has 0 aromatic heterocycles. The summed E-state index contributed by atoms with van der Waals surface area (Å²) in [6.45, 7) is 1.48. The lowest BCUT2D eigenvalue weighted by molar-refractivity contribution is -0.121. The highest BCUT2D eigenvalue weighted by Gasteiger charge is 2.42. The predicted octanol–water partition coefficient (Wildman–Crippen LogP) is 2.48. The van der Waals surface area contributed by atoms with Crippen molar-refractivity contribution in [2.45, 2.75) is 18.4 Å². The van der Waals surface area contributed by atoms with Crippen LogP contribution in [0.2, 0.25) is 0 Å². The molecule has 2 aromatic rings. The number of hydrogen-bond donors (Lipinski definition) is 2. The first kappa shape index (κ1) is 17.3. The van der Waals surface area contributed by atoms with Crippen molar-refractivity contribution in [2.24, 2.45) is 4.99 Å². The van der Waals surface area contributed by atoms with Gasteiger partial charge in [-0.25, -0.2) is 0 Å². The van der Waals surface area contributed by atoms with Gasteiger partial charge >= 0.3 is 0 Å². The Labute approximate surface area is 157 Å². The molecule has 136 valence electrons. The minimum atomic E-state index is -0.810. The van der Waals surface area contributed by atoms with Gasteiger partial charge in [0.2, 0.25) is 0 Å². The summed E-state index contributed by atoms with van der Waals surface area (Å²) in [4.78, 5) is 18.1. The number of piperidine rings is 1. The summed E-state index contributed by atoms with van der Waals surface area (Å²) < 4.78 is 5.37. The Balaban J connectivity index is 1.93. The largest absolute Gasteiger partial charge is 0.497 e. The maximum atomic E-state index is 13.1. The summed E-state index contributed by atoms with van der Waals surface area (Å²) in [5.74, 6) is 0.617. The molecule has 0 radical (unpaired) electrons. The first-order valence-electron chi connectivity index (χ1n) is 8.96. The van der Waals surface area contributed by atoms with Crippen molar-refractivity contribution in [1.82, 2.24) is 5.32 Å². The lowest BCUT2D eigenvalue weighted by atomic mass is 9.87. The molecule has 2 aliphatic rings. The molecule has 1 amide bonds. The van der Waals surface area contributed by atoms with Crippen molar-refractivity contribution in [3.05, 3.63) is 59.2 Å². The van der Waals surface area contributed by atoms with E-state index in [1.165, 1.54) is 0 Å². The number of ether oxygens (including phenoxy) is 1. The highest BCUT2D eigenvalue weighted by atomic mass is 16.5. The molecule has 6 nitrogen and oxygen atoms in total. The van der Waals surface area contributed by atoms with Gasteiger partial charge in [0.05, 0.1) is 30.1 Å². The molecule has 0 unspecified atom stereocenters. The van der Waals surface area contributed by atoms with Crippen molar-refractivity contribution in [1.29, 1.82) is 5.26 Å². The maximum Gasteiger partial charge on any atom is 0.252 e. The Kier molecular flexibility index (Phi) is 4.38. The van der Waals surface area contributed by atoms with Gasteiger partial charge in [0.25, 0.3) is 5.91 Å². The zero-order chi connectivity index (χ0) is 18.9. The van der Waals surface area contributed by atoms with E-state index in [9.17, 15) is 10.1 Å². The molecule has 27 heavy (non-hydrogen) atoms. The number of rotatable bonds is 2. The lowest BCUT2D eigenvalue weighted by Crippen LogP contribution is -2.49. The first-order valence-corrected chi connectivity index (χ1v) is 8.96. The molecule has 2 aliphatic heterocycles. The van der Waals surface area contributed by atoms with E-state index in [2.05, 4.69) is 16.7 Å². The third-order valence-corrected chi connectivity index (χ3v) is 5.17. The van der Waals surface area contributed by atoms with E-state index in [1.54, 1.807) is 19.2 Å². The van der Waals surface area contributed by atoms with E-state index in [4.69, 9.17) is 9.73 Å². The van der Waals surface area contributed by atoms with Gasteiger partial charge in [-0.15, -0.1) is 0 Å². The second kappa shape index (κ2) is 6.86. The van der Waals surface area contributed by atoms with Gasteiger partial charge in [-0.1, -0.05) is 12.1 Å². The minimum absolute atomic E-state index is 0.113. The zero-order valence-corrected chi connectivity index (χ0v) is 15.1. The van der Waals surface area contributed by atoms with Gasteiger partial charge in [0, 0.05) is 11.1 Å². The highest BCUT2D eigenvalue weighted by molar-refractivity contribution is 6.20. The Morgan fingerprint density at radius 2 is 2.00 bits per heavy atom. The van der Waals surface area contributed by atoms with Crippen molar-refractivity contribution >= 4 is 17.3 Å². The van der Waals surface area contributed by atoms with Crippen LogP contribution in [0.1, 0.15) is 29.5 Å². The van der Waals surface area contributed by atoms with Crippen molar-refractivity contribution < 1.29 is 9.53 Å². The third kappa shape index (κ3) is 3.07. The van der Waals surface area contributed by atoms with E-state index in [1.807, 2.05) is 30.3 Å². The number of aliphatic imine (C=N–C) groups is 1. The molecule has 1 fully saturated rings. The number of carbonyl (C=O) groups is 1. The molecule has 0 saturated carbocycles. The molecule has 2 aromatic carbocycles. The van der Waals surface area contributed by atoms with Crippen molar-refractivity contribution in [2.75, 3.05) is 25.5 Å². The summed E-state index contributed by atoms with van der Waals surface area (Å²) in [6.07, 6.45) is 1.26. The molecule has 0 bridgehead atoms. The topological polar surface area (TPSA) is 86.5 Å². The molecule has 1 saturated heterocycles. The van der Waals surface area contributed by atoms with E-state index < -0.39 is 5.54 Å². The van der Waals surface area contributed by atoms with Crippen molar-refractivity contribution in [3.8, 4) is 11.8 Å². The Bertz CT molecular complexity index is 968. The monoisotopic (exact) mass is 360 g/mol. The van der Waals surface area contributed by atoms with Crippen LogP contribution in [-0.4, -0.2) is 37.4 Å². The number of benzene rings is 2. The average molecular weight is 360 g/mol. The fourth-order valence-electron chi connectivity index (χ4n) is 3.66. The molecule has 0 atom stereocenters. The van der Waals surface area contributed by atoms with Crippen LogP contribution in [-0.2, 0) is 4.79 Å². The smallest absolute Gasteiger partial charge is 0.252 e. The van der Waals surface area contributed by atoms with Gasteiger partial charge in [0.15, 0.2) is 0 Å². The van der Waals surface area contributed by atoms with Crippen LogP contribution in [0.25, 0.3) is 0 Å². The molecular weight excluding hydrogens is 340 g/mol. The van der Waals surface area contributed by atoms with Crippen molar-refractivity contribution in [3.63, 3.8) is 0 Å². The first-order chi connectivity index (χ1) is 13.1. The van der Waals surface area contributed by atoms with Crippen LogP contribution >= 0.6 is 0 Å². The summed E-state index contributed by atoms with van der Waals surface area (Å²) in [7, 11) is 1.63. The number of hydrogen-bond acceptors (Lipinski definition) is 5. The Morgan fingerprint density at radius 3 is 2.74 bits per heavy atom. The number of fused-ring (bicyclic) bond motifs is 1. The summed E-state index contributed by atoms with van der Waals surface area (Å²) >= 11 is 0. The van der Waals surface area contributed by atoms with Gasteiger partial charge in [-0.3, -0.25) is 9.79 Å². The normalized spacial score (nSPS) is 17.9. The molecule has 6 heteroatoms. The quantitative estimate of drug-likeness (QED) is 0.861. The van der Waals surface area contributed by atoms with Crippen LogP contribution < -0.4 is 15.4 Å². The average Bonchev–Trinajstić information content (AvgIpc) is 2.83. The van der Waals surface area contributed by atoms with Crippen LogP contribution in [0.15, 0.2) is 47.5 Å². The second-order valence-corrected chi connectivity index (χ2v) is 6.80. The molecule has 2 N–H and O–H groups in total. The standard InChI is InChI=1S/C21H20N4O2/c1-27-16-4-2-3-15(12-16)19-17-6-5-14(13-22)11-18(17)24-20(26)21(25-19)7-9-23-10-8-21/h2-6,11-12,23H,7-10H2,1H3,(H,24,26). The van der Waals surface area contributed by atoms with Crippen LogP contribution in [0.5, 0.6) is 5.75 Å². The minimum Gasteiger partial charge on any atom is -0.497 e. The summed E-state index contributed by atoms with van der Waals surface area (Å²) in [5, 5.41) is 15.6. The molecule has 0 aliphatic carbocycles. The lowest BCUT2D eigenvalue weighted by Gasteiger charge is -2.32. The molecule has 4 rings (SSSR count). The zero-order valence-electron chi connectivity index (χ0n) is 15.1. The van der Waals surface area contributed by atoms with Crippen LogP contribution in [0.4, 0.5) is 5.69 Å². The Hall–Kier alpha value is -3.17. The second-order valence-electron chi connectivity index (χ2n) is 6.80. The number of anilines is 1. The molecular formula is C21H20N4O2. The number of nitrogens with zero attached hydrogens (tertiary/aromatic N) is 2.